The molecule has 1 aromatic heterocycles. The zero-order valence-electron chi connectivity index (χ0n) is 13.7. The Morgan fingerprint density at radius 2 is 1.92 bits per heavy atom. The van der Waals surface area contributed by atoms with Crippen LogP contribution < -0.4 is 5.32 Å². The lowest BCUT2D eigenvalue weighted by atomic mass is 10.0. The Balaban J connectivity index is 1.71. The van der Waals surface area contributed by atoms with E-state index in [1.807, 2.05) is 30.3 Å². The molecule has 0 bridgehead atoms. The molecule has 1 N–H and O–H groups in total. The molecule has 1 aliphatic heterocycles. The smallest absolute Gasteiger partial charge is 0.144 e. The third-order valence-electron chi connectivity index (χ3n) is 4.88. The summed E-state index contributed by atoms with van der Waals surface area (Å²) in [5.41, 5.74) is 2.57. The molecule has 124 valence electrons. The van der Waals surface area contributed by atoms with E-state index in [0.29, 0.717) is 11.6 Å². The van der Waals surface area contributed by atoms with Gasteiger partial charge in [-0.3, -0.25) is 0 Å². The average molecular weight is 323 g/mol. The highest BCUT2D eigenvalue weighted by molar-refractivity contribution is 5.80. The van der Waals surface area contributed by atoms with Gasteiger partial charge in [0, 0.05) is 12.6 Å². The molecule has 1 saturated heterocycles. The molecule has 1 aliphatic rings. The molecule has 3 aromatic rings. The molecule has 2 heterocycles. The molecule has 0 saturated carbocycles. The Morgan fingerprint density at radius 3 is 2.75 bits per heavy atom. The van der Waals surface area contributed by atoms with Crippen molar-refractivity contribution in [3.05, 3.63) is 54.3 Å². The van der Waals surface area contributed by atoms with Crippen LogP contribution in [0, 0.1) is 5.82 Å². The molecule has 24 heavy (non-hydrogen) atoms. The van der Waals surface area contributed by atoms with Crippen LogP contribution in [-0.4, -0.2) is 22.1 Å². The molecule has 1 unspecified atom stereocenters. The minimum Gasteiger partial charge on any atom is -0.324 e. The van der Waals surface area contributed by atoms with Gasteiger partial charge in [-0.2, -0.15) is 0 Å². The molecular formula is C20H22FN3. The summed E-state index contributed by atoms with van der Waals surface area (Å²) in [4.78, 5) is 4.71. The number of aryl methyl sites for hydroxylation is 1. The Hall–Kier alpha value is -2.20. The first kappa shape index (κ1) is 15.3. The van der Waals surface area contributed by atoms with Crippen LogP contribution in [0.4, 0.5) is 4.39 Å². The lowest BCUT2D eigenvalue weighted by Gasteiger charge is -2.24. The number of piperidine rings is 1. The third kappa shape index (κ3) is 2.94. The predicted molar refractivity (Wildman–Crippen MR) is 95.4 cm³/mol. The zero-order chi connectivity index (χ0) is 16.4. The fourth-order valence-corrected chi connectivity index (χ4v) is 3.61. The average Bonchev–Trinajstić information content (AvgIpc) is 2.99. The van der Waals surface area contributed by atoms with Crippen molar-refractivity contribution in [1.82, 2.24) is 14.9 Å². The van der Waals surface area contributed by atoms with Gasteiger partial charge in [-0.05, 0) is 50.1 Å². The van der Waals surface area contributed by atoms with Crippen molar-refractivity contribution < 1.29 is 4.39 Å². The van der Waals surface area contributed by atoms with E-state index in [1.165, 1.54) is 25.3 Å². The summed E-state index contributed by atoms with van der Waals surface area (Å²) >= 11 is 0. The van der Waals surface area contributed by atoms with Crippen molar-refractivity contribution in [3.8, 4) is 11.4 Å². The van der Waals surface area contributed by atoms with Crippen LogP contribution in [0.15, 0.2) is 48.5 Å². The van der Waals surface area contributed by atoms with Crippen molar-refractivity contribution in [3.63, 3.8) is 0 Å². The maximum Gasteiger partial charge on any atom is 0.144 e. The largest absolute Gasteiger partial charge is 0.324 e. The van der Waals surface area contributed by atoms with Gasteiger partial charge in [0.25, 0.3) is 0 Å². The number of aromatic nitrogens is 2. The Labute approximate surface area is 141 Å². The lowest BCUT2D eigenvalue weighted by Crippen LogP contribution is -2.34. The number of hydrogen-bond acceptors (Lipinski definition) is 2. The summed E-state index contributed by atoms with van der Waals surface area (Å²) < 4.78 is 16.5. The lowest BCUT2D eigenvalue weighted by molar-refractivity contribution is 0.368. The number of hydrogen-bond donors (Lipinski definition) is 1. The minimum absolute atomic E-state index is 0.218. The summed E-state index contributed by atoms with van der Waals surface area (Å²) in [5, 5.41) is 3.59. The van der Waals surface area contributed by atoms with Crippen LogP contribution in [0.2, 0.25) is 0 Å². The molecule has 4 rings (SSSR count). The van der Waals surface area contributed by atoms with Gasteiger partial charge in [0.05, 0.1) is 16.6 Å². The monoisotopic (exact) mass is 323 g/mol. The fraction of sp³-hybridized carbons (Fsp3) is 0.350. The van der Waals surface area contributed by atoms with Gasteiger partial charge in [-0.25, -0.2) is 9.37 Å². The van der Waals surface area contributed by atoms with Crippen LogP contribution in [0.5, 0.6) is 0 Å². The van der Waals surface area contributed by atoms with Crippen molar-refractivity contribution >= 4 is 11.0 Å². The maximum absolute atomic E-state index is 14.3. The van der Waals surface area contributed by atoms with E-state index in [2.05, 4.69) is 16.0 Å². The summed E-state index contributed by atoms with van der Waals surface area (Å²) in [5.74, 6) is 0.509. The SMILES string of the molecule is Fc1ccccc1-c1nc2ccccc2n1CCC1CCCCN1. The van der Waals surface area contributed by atoms with Crippen molar-refractivity contribution in [2.75, 3.05) is 6.54 Å². The van der Waals surface area contributed by atoms with Gasteiger partial charge >= 0.3 is 0 Å². The number of fused-ring (bicyclic) bond motifs is 1. The predicted octanol–water partition coefficient (Wildman–Crippen LogP) is 4.37. The molecule has 2 aromatic carbocycles. The van der Waals surface area contributed by atoms with Crippen molar-refractivity contribution in [2.45, 2.75) is 38.3 Å². The zero-order valence-corrected chi connectivity index (χ0v) is 13.7. The number of para-hydroxylation sites is 2. The van der Waals surface area contributed by atoms with E-state index in [0.717, 1.165) is 36.4 Å². The number of halogens is 1. The molecule has 1 fully saturated rings. The second-order valence-electron chi connectivity index (χ2n) is 6.49. The molecule has 4 heteroatoms. The summed E-state index contributed by atoms with van der Waals surface area (Å²) in [7, 11) is 0. The highest BCUT2D eigenvalue weighted by Gasteiger charge is 2.17. The molecule has 0 aliphatic carbocycles. The first-order chi connectivity index (χ1) is 11.8. The second kappa shape index (κ2) is 6.73. The minimum atomic E-state index is -0.218. The quantitative estimate of drug-likeness (QED) is 0.772. The number of imidazole rings is 1. The Kier molecular flexibility index (Phi) is 4.30. The van der Waals surface area contributed by atoms with Gasteiger partial charge in [-0.15, -0.1) is 0 Å². The van der Waals surface area contributed by atoms with Crippen molar-refractivity contribution in [1.29, 1.82) is 0 Å². The number of nitrogens with zero attached hydrogens (tertiary/aromatic N) is 2. The molecule has 3 nitrogen and oxygen atoms in total. The number of benzene rings is 2. The Bertz CT molecular complexity index is 834. The maximum atomic E-state index is 14.3. The van der Waals surface area contributed by atoms with E-state index in [1.54, 1.807) is 6.07 Å². The molecule has 0 amide bonds. The van der Waals surface area contributed by atoms with Crippen LogP contribution in [0.1, 0.15) is 25.7 Å². The van der Waals surface area contributed by atoms with Gasteiger partial charge in [-0.1, -0.05) is 30.7 Å². The normalized spacial score (nSPS) is 18.1. The highest BCUT2D eigenvalue weighted by Crippen LogP contribution is 2.27. The van der Waals surface area contributed by atoms with E-state index >= 15 is 0 Å². The standard InChI is InChI=1S/C20H22FN3/c21-17-9-2-1-8-16(17)20-23-18-10-3-4-11-19(18)24(20)14-12-15-7-5-6-13-22-15/h1-4,8-11,15,22H,5-7,12-14H2. The van der Waals surface area contributed by atoms with E-state index in [9.17, 15) is 4.39 Å². The van der Waals surface area contributed by atoms with Crippen LogP contribution in [-0.2, 0) is 6.54 Å². The molecule has 0 spiro atoms. The van der Waals surface area contributed by atoms with Crippen LogP contribution in [0.25, 0.3) is 22.4 Å². The summed E-state index contributed by atoms with van der Waals surface area (Å²) in [6.07, 6.45) is 4.83. The summed E-state index contributed by atoms with van der Waals surface area (Å²) in [6, 6.07) is 15.5. The third-order valence-corrected chi connectivity index (χ3v) is 4.88. The van der Waals surface area contributed by atoms with Crippen LogP contribution in [0.3, 0.4) is 0 Å². The topological polar surface area (TPSA) is 29.9 Å². The van der Waals surface area contributed by atoms with Gasteiger partial charge in [0.15, 0.2) is 0 Å². The molecule has 0 radical (unpaired) electrons. The van der Waals surface area contributed by atoms with E-state index in [-0.39, 0.29) is 5.82 Å². The second-order valence-corrected chi connectivity index (χ2v) is 6.49. The Morgan fingerprint density at radius 1 is 1.08 bits per heavy atom. The highest BCUT2D eigenvalue weighted by atomic mass is 19.1. The van der Waals surface area contributed by atoms with E-state index < -0.39 is 0 Å². The number of rotatable bonds is 4. The first-order valence-corrected chi connectivity index (χ1v) is 8.76. The van der Waals surface area contributed by atoms with E-state index in [4.69, 9.17) is 4.98 Å². The molecular weight excluding hydrogens is 301 g/mol. The van der Waals surface area contributed by atoms with Crippen molar-refractivity contribution in [2.24, 2.45) is 0 Å². The number of nitrogens with one attached hydrogen (secondary N) is 1. The van der Waals surface area contributed by atoms with Gasteiger partial charge in [0.1, 0.15) is 11.6 Å². The fourth-order valence-electron chi connectivity index (χ4n) is 3.61. The first-order valence-electron chi connectivity index (χ1n) is 8.76. The summed E-state index contributed by atoms with van der Waals surface area (Å²) in [6.45, 7) is 1.96. The molecule has 1 atom stereocenters. The van der Waals surface area contributed by atoms with Gasteiger partial charge in [0.2, 0.25) is 0 Å². The van der Waals surface area contributed by atoms with Crippen LogP contribution >= 0.6 is 0 Å². The van der Waals surface area contributed by atoms with Gasteiger partial charge < -0.3 is 9.88 Å².